The van der Waals surface area contributed by atoms with Gasteiger partial charge < -0.3 is 10.3 Å². The van der Waals surface area contributed by atoms with E-state index in [2.05, 4.69) is 42.4 Å². The molecule has 0 bridgehead atoms. The van der Waals surface area contributed by atoms with E-state index in [1.165, 1.54) is 6.33 Å². The van der Waals surface area contributed by atoms with E-state index in [0.717, 1.165) is 38.8 Å². The van der Waals surface area contributed by atoms with Gasteiger partial charge in [-0.1, -0.05) is 17.7 Å². The maximum atomic E-state index is 6.03. The maximum Gasteiger partial charge on any atom is 0.141 e. The summed E-state index contributed by atoms with van der Waals surface area (Å²) in [6.07, 6.45) is 8.57. The van der Waals surface area contributed by atoms with Gasteiger partial charge in [0.25, 0.3) is 0 Å². The molecule has 0 fully saturated rings. The van der Waals surface area contributed by atoms with Gasteiger partial charge in [0, 0.05) is 34.9 Å². The van der Waals surface area contributed by atoms with Gasteiger partial charge in [0.1, 0.15) is 17.8 Å². The van der Waals surface area contributed by atoms with Gasteiger partial charge in [0.15, 0.2) is 0 Å². The van der Waals surface area contributed by atoms with Gasteiger partial charge in [0.2, 0.25) is 0 Å². The molecule has 6 nitrogen and oxygen atoms in total. The zero-order valence-corrected chi connectivity index (χ0v) is 14.8. The highest BCUT2D eigenvalue weighted by Gasteiger charge is 2.08. The number of nitrogens with one attached hydrogen (secondary N) is 2. The Morgan fingerprint density at radius 2 is 1.85 bits per heavy atom. The van der Waals surface area contributed by atoms with E-state index in [0.29, 0.717) is 10.8 Å². The number of fused-ring (bicyclic) bond motifs is 2. The Kier molecular flexibility index (Phi) is 3.69. The second-order valence-electron chi connectivity index (χ2n) is 6.11. The predicted molar refractivity (Wildman–Crippen MR) is 107 cm³/mol. The molecular weight excluding hydrogens is 360 g/mol. The van der Waals surface area contributed by atoms with Crippen molar-refractivity contribution in [3.05, 3.63) is 72.5 Å². The van der Waals surface area contributed by atoms with Crippen molar-refractivity contribution < 1.29 is 0 Å². The van der Waals surface area contributed by atoms with Crippen LogP contribution in [0.25, 0.3) is 33.1 Å². The lowest BCUT2D eigenvalue weighted by Gasteiger charge is -2.10. The molecule has 0 unspecified atom stereocenters. The molecule has 7 heteroatoms. The topological polar surface area (TPSA) is 79.4 Å². The third-order valence-corrected chi connectivity index (χ3v) is 4.54. The largest absolute Gasteiger partial charge is 0.346 e. The number of anilines is 2. The molecule has 0 aliphatic rings. The summed E-state index contributed by atoms with van der Waals surface area (Å²) in [4.78, 5) is 20.4. The van der Waals surface area contributed by atoms with Crippen LogP contribution in [-0.4, -0.2) is 24.9 Å². The van der Waals surface area contributed by atoms with Crippen molar-refractivity contribution in [3.63, 3.8) is 0 Å². The molecule has 130 valence electrons. The smallest absolute Gasteiger partial charge is 0.141 e. The Morgan fingerprint density at radius 3 is 2.78 bits per heavy atom. The van der Waals surface area contributed by atoms with Crippen LogP contribution < -0.4 is 5.32 Å². The van der Waals surface area contributed by atoms with E-state index in [1.54, 1.807) is 18.5 Å². The van der Waals surface area contributed by atoms with Gasteiger partial charge >= 0.3 is 0 Å². The molecule has 0 saturated heterocycles. The number of hydrogen-bond acceptors (Lipinski definition) is 5. The molecule has 0 radical (unpaired) electrons. The fourth-order valence-electron chi connectivity index (χ4n) is 3.05. The highest BCUT2D eigenvalue weighted by molar-refractivity contribution is 6.30. The summed E-state index contributed by atoms with van der Waals surface area (Å²) in [5, 5.41) is 5.81. The number of nitrogens with zero attached hydrogens (tertiary/aromatic N) is 4. The summed E-state index contributed by atoms with van der Waals surface area (Å²) in [5.74, 6) is 0.696. The molecule has 0 amide bonds. The number of halogens is 1. The molecule has 1 aromatic carbocycles. The molecule has 4 heterocycles. The summed E-state index contributed by atoms with van der Waals surface area (Å²) in [7, 11) is 0. The Bertz CT molecular complexity index is 1280. The Hall–Kier alpha value is -3.51. The number of H-pyrrole nitrogens is 1. The van der Waals surface area contributed by atoms with E-state index in [1.807, 2.05) is 30.6 Å². The number of hydrogen-bond donors (Lipinski definition) is 2. The second kappa shape index (κ2) is 6.34. The monoisotopic (exact) mass is 372 g/mol. The van der Waals surface area contributed by atoms with Crippen molar-refractivity contribution in [2.24, 2.45) is 0 Å². The highest BCUT2D eigenvalue weighted by atomic mass is 35.5. The number of pyridine rings is 2. The first-order valence-electron chi connectivity index (χ1n) is 8.32. The number of benzene rings is 1. The van der Waals surface area contributed by atoms with Gasteiger partial charge in [-0.25, -0.2) is 15.0 Å². The normalized spacial score (nSPS) is 11.1. The minimum atomic E-state index is 0.560. The van der Waals surface area contributed by atoms with Crippen LogP contribution in [0, 0.1) is 0 Å². The molecule has 0 saturated carbocycles. The second-order valence-corrected chi connectivity index (χ2v) is 6.55. The third-order valence-electron chi connectivity index (χ3n) is 4.34. The molecule has 0 atom stereocenters. The first-order valence-corrected chi connectivity index (χ1v) is 8.70. The molecule has 0 spiro atoms. The van der Waals surface area contributed by atoms with Gasteiger partial charge in [0.05, 0.1) is 22.4 Å². The SMILES string of the molecule is Clc1cncc(Nc2ncnc3ccc(-c4cnc5[nH]ccc5c4)cc23)c1. The Balaban J connectivity index is 1.61. The fraction of sp³-hybridized carbons (Fsp3) is 0. The van der Waals surface area contributed by atoms with Crippen molar-refractivity contribution in [2.75, 3.05) is 5.32 Å². The van der Waals surface area contributed by atoms with Gasteiger partial charge in [-0.2, -0.15) is 0 Å². The Labute approximate surface area is 159 Å². The molecular formula is C20H13ClN6. The van der Waals surface area contributed by atoms with Crippen LogP contribution in [0.2, 0.25) is 5.02 Å². The molecule has 0 aliphatic heterocycles. The number of aromatic amines is 1. The first kappa shape index (κ1) is 15.7. The minimum Gasteiger partial charge on any atom is -0.346 e. The van der Waals surface area contributed by atoms with Gasteiger partial charge in [-0.05, 0) is 35.9 Å². The fourth-order valence-corrected chi connectivity index (χ4v) is 3.22. The summed E-state index contributed by atoms with van der Waals surface area (Å²) in [6, 6.07) is 12.0. The van der Waals surface area contributed by atoms with Crippen LogP contribution in [0.1, 0.15) is 0 Å². The van der Waals surface area contributed by atoms with E-state index in [-0.39, 0.29) is 0 Å². The van der Waals surface area contributed by atoms with Crippen molar-refractivity contribution in [1.29, 1.82) is 0 Å². The van der Waals surface area contributed by atoms with Crippen molar-refractivity contribution >= 4 is 45.0 Å². The summed E-state index contributed by atoms with van der Waals surface area (Å²) in [6.45, 7) is 0. The highest BCUT2D eigenvalue weighted by Crippen LogP contribution is 2.29. The lowest BCUT2D eigenvalue weighted by atomic mass is 10.0. The molecule has 5 aromatic rings. The van der Waals surface area contributed by atoms with Crippen LogP contribution >= 0.6 is 11.6 Å². The summed E-state index contributed by atoms with van der Waals surface area (Å²) < 4.78 is 0. The van der Waals surface area contributed by atoms with Crippen LogP contribution in [0.15, 0.2) is 67.5 Å². The van der Waals surface area contributed by atoms with Crippen LogP contribution in [0.5, 0.6) is 0 Å². The van der Waals surface area contributed by atoms with E-state index in [4.69, 9.17) is 11.6 Å². The van der Waals surface area contributed by atoms with Crippen LogP contribution in [-0.2, 0) is 0 Å². The van der Waals surface area contributed by atoms with Gasteiger partial charge in [-0.3, -0.25) is 4.98 Å². The van der Waals surface area contributed by atoms with Crippen molar-refractivity contribution in [1.82, 2.24) is 24.9 Å². The van der Waals surface area contributed by atoms with Gasteiger partial charge in [-0.15, -0.1) is 0 Å². The average Bonchev–Trinajstić information content (AvgIpc) is 3.16. The quantitative estimate of drug-likeness (QED) is 0.467. The average molecular weight is 373 g/mol. The maximum absolute atomic E-state index is 6.03. The molecule has 2 N–H and O–H groups in total. The standard InChI is InChI=1S/C20H13ClN6/c21-15-7-16(10-22-9-15)27-20-17-6-12(1-2-18(17)25-11-26-20)14-5-13-3-4-23-19(13)24-8-14/h1-11H,(H,23,24)(H,25,26,27). The molecule has 27 heavy (non-hydrogen) atoms. The predicted octanol–water partition coefficient (Wildman–Crippen LogP) is 4.97. The number of aromatic nitrogens is 5. The van der Waals surface area contributed by atoms with Crippen molar-refractivity contribution in [3.8, 4) is 11.1 Å². The van der Waals surface area contributed by atoms with Crippen LogP contribution in [0.3, 0.4) is 0 Å². The lowest BCUT2D eigenvalue weighted by molar-refractivity contribution is 1.21. The zero-order valence-electron chi connectivity index (χ0n) is 14.0. The zero-order chi connectivity index (χ0) is 18.2. The Morgan fingerprint density at radius 1 is 0.889 bits per heavy atom. The van der Waals surface area contributed by atoms with E-state index in [9.17, 15) is 0 Å². The molecule has 0 aliphatic carbocycles. The number of rotatable bonds is 3. The first-order chi connectivity index (χ1) is 13.3. The van der Waals surface area contributed by atoms with E-state index < -0.39 is 0 Å². The summed E-state index contributed by atoms with van der Waals surface area (Å²) >= 11 is 6.03. The van der Waals surface area contributed by atoms with E-state index >= 15 is 0 Å². The lowest BCUT2D eigenvalue weighted by Crippen LogP contribution is -1.97. The summed E-state index contributed by atoms with van der Waals surface area (Å²) in [5.41, 5.74) is 4.56. The van der Waals surface area contributed by atoms with Crippen molar-refractivity contribution in [2.45, 2.75) is 0 Å². The molecule has 5 rings (SSSR count). The van der Waals surface area contributed by atoms with Crippen LogP contribution in [0.4, 0.5) is 11.5 Å². The molecule has 4 aromatic heterocycles. The third kappa shape index (κ3) is 2.96. The minimum absolute atomic E-state index is 0.560.